The van der Waals surface area contributed by atoms with Crippen molar-refractivity contribution in [1.29, 1.82) is 0 Å². The lowest BCUT2D eigenvalue weighted by Gasteiger charge is -2.20. The molecule has 0 radical (unpaired) electrons. The molecule has 0 bridgehead atoms. The Bertz CT molecular complexity index is 3170. The Labute approximate surface area is 336 Å². The van der Waals surface area contributed by atoms with Gasteiger partial charge in [0, 0.05) is 32.7 Å². The minimum atomic E-state index is -0.131. The molecule has 0 amide bonds. The van der Waals surface area contributed by atoms with E-state index in [4.69, 9.17) is 8.83 Å². The number of fused-ring (bicyclic) bond motifs is 6. The number of rotatable bonds is 6. The summed E-state index contributed by atoms with van der Waals surface area (Å²) in [5, 5.41) is 8.42. The molecule has 0 saturated carbocycles. The van der Waals surface area contributed by atoms with Gasteiger partial charge >= 0.3 is 0 Å². The van der Waals surface area contributed by atoms with Crippen LogP contribution in [0, 0.1) is 0 Å². The molecule has 274 valence electrons. The quantitative estimate of drug-likeness (QED) is 0.172. The summed E-state index contributed by atoms with van der Waals surface area (Å²) in [5.41, 5.74) is 20.8. The number of hydrogen-bond donors (Lipinski definition) is 1. The average Bonchev–Trinajstić information content (AvgIpc) is 3.79. The van der Waals surface area contributed by atoms with Gasteiger partial charge in [0.05, 0.1) is 11.7 Å². The van der Waals surface area contributed by atoms with Gasteiger partial charge in [-0.05, 0) is 124 Å². The Morgan fingerprint density at radius 3 is 1.52 bits per heavy atom. The van der Waals surface area contributed by atoms with Crippen molar-refractivity contribution in [2.45, 2.75) is 13.0 Å². The fourth-order valence-corrected chi connectivity index (χ4v) is 8.50. The Kier molecular flexibility index (Phi) is 8.06. The van der Waals surface area contributed by atoms with Gasteiger partial charge in [-0.15, -0.1) is 0 Å². The zero-order valence-electron chi connectivity index (χ0n) is 31.9. The Hall–Kier alpha value is -7.58. The number of furan rings is 2. The van der Waals surface area contributed by atoms with Gasteiger partial charge in [0.1, 0.15) is 22.3 Å². The minimum absolute atomic E-state index is 0.131. The molecule has 1 aliphatic heterocycles. The van der Waals surface area contributed by atoms with Crippen molar-refractivity contribution in [3.8, 4) is 33.4 Å². The van der Waals surface area contributed by atoms with Crippen LogP contribution in [0.15, 0.2) is 214 Å². The molecule has 1 aliphatic rings. The van der Waals surface area contributed by atoms with Crippen molar-refractivity contribution < 1.29 is 8.83 Å². The molecule has 0 aliphatic carbocycles. The molecule has 1 N–H and O–H groups in total. The predicted octanol–water partition coefficient (Wildman–Crippen LogP) is 14.8. The van der Waals surface area contributed by atoms with E-state index in [1.807, 2.05) is 24.3 Å². The normalized spacial score (nSPS) is 14.3. The van der Waals surface area contributed by atoms with Gasteiger partial charge in [-0.1, -0.05) is 133 Å². The Balaban J connectivity index is 1.11. The van der Waals surface area contributed by atoms with E-state index in [2.05, 4.69) is 188 Å². The highest BCUT2D eigenvalue weighted by Crippen LogP contribution is 2.39. The number of allylic oxidation sites excluding steroid dienone is 2. The number of hydrogen-bond acceptors (Lipinski definition) is 3. The maximum absolute atomic E-state index is 6.24. The van der Waals surface area contributed by atoms with E-state index in [1.54, 1.807) is 0 Å². The first-order chi connectivity index (χ1) is 28.6. The van der Waals surface area contributed by atoms with Crippen molar-refractivity contribution >= 4 is 55.1 Å². The zero-order chi connectivity index (χ0) is 38.6. The van der Waals surface area contributed by atoms with Gasteiger partial charge < -0.3 is 14.2 Å². The van der Waals surface area contributed by atoms with Crippen LogP contribution in [-0.4, -0.2) is 0 Å². The highest BCUT2D eigenvalue weighted by molar-refractivity contribution is 6.07. The topological polar surface area (TPSA) is 38.3 Å². The lowest BCUT2D eigenvalue weighted by atomic mass is 9.93. The van der Waals surface area contributed by atoms with Crippen molar-refractivity contribution in [3.63, 3.8) is 0 Å². The number of para-hydroxylation sites is 2. The third kappa shape index (κ3) is 6.03. The van der Waals surface area contributed by atoms with E-state index >= 15 is 0 Å². The lowest BCUT2D eigenvalue weighted by molar-refractivity contribution is 0.668. The average molecular weight is 744 g/mol. The molecule has 1 unspecified atom stereocenters. The molecule has 3 heterocycles. The molecule has 3 nitrogen and oxygen atoms in total. The summed E-state index contributed by atoms with van der Waals surface area (Å²) in [6, 6.07) is 66.5. The van der Waals surface area contributed by atoms with E-state index < -0.39 is 0 Å². The van der Waals surface area contributed by atoms with Gasteiger partial charge in [0.15, 0.2) is 0 Å². The van der Waals surface area contributed by atoms with Gasteiger partial charge in [0.2, 0.25) is 0 Å². The first-order valence-electron chi connectivity index (χ1n) is 19.8. The number of nitrogens with one attached hydrogen (secondary N) is 1. The van der Waals surface area contributed by atoms with Crippen molar-refractivity contribution in [1.82, 2.24) is 5.32 Å². The minimum Gasteiger partial charge on any atom is -0.456 e. The maximum atomic E-state index is 6.24. The SMILES string of the molecule is CC1=C=C(c2cc(-c3ccc4oc5ccccc5c4c3)cc(-c3ccc4oc5ccccc5c4c3)c2)NC(c2cccc(-c3ccccc3)c2)C=C1c1ccccc1. The van der Waals surface area contributed by atoms with E-state index in [-0.39, 0.29) is 6.04 Å². The highest BCUT2D eigenvalue weighted by atomic mass is 16.3. The van der Waals surface area contributed by atoms with Gasteiger partial charge in [-0.2, -0.15) is 0 Å². The summed E-state index contributed by atoms with van der Waals surface area (Å²) in [6.07, 6.45) is 2.36. The fourth-order valence-electron chi connectivity index (χ4n) is 8.50. The van der Waals surface area contributed by atoms with Crippen molar-refractivity contribution in [3.05, 3.63) is 222 Å². The molecular weight excluding hydrogens is 707 g/mol. The van der Waals surface area contributed by atoms with Crippen LogP contribution in [0.2, 0.25) is 0 Å². The van der Waals surface area contributed by atoms with Crippen LogP contribution < -0.4 is 5.32 Å². The van der Waals surface area contributed by atoms with Crippen LogP contribution in [0.3, 0.4) is 0 Å². The van der Waals surface area contributed by atoms with Crippen LogP contribution in [0.1, 0.15) is 29.7 Å². The van der Waals surface area contributed by atoms with E-state index in [0.29, 0.717) is 0 Å². The molecule has 58 heavy (non-hydrogen) atoms. The van der Waals surface area contributed by atoms with Crippen molar-refractivity contribution in [2.75, 3.05) is 0 Å². The molecular formula is C55H37NO2. The van der Waals surface area contributed by atoms with Gasteiger partial charge in [-0.3, -0.25) is 0 Å². The smallest absolute Gasteiger partial charge is 0.135 e. The summed E-state index contributed by atoms with van der Waals surface area (Å²) in [6.45, 7) is 2.17. The third-order valence-electron chi connectivity index (χ3n) is 11.4. The molecule has 0 fully saturated rings. The van der Waals surface area contributed by atoms with Crippen LogP contribution in [0.25, 0.3) is 88.5 Å². The molecule has 0 saturated heterocycles. The first kappa shape index (κ1) is 33.7. The monoisotopic (exact) mass is 743 g/mol. The van der Waals surface area contributed by atoms with Gasteiger partial charge in [-0.25, -0.2) is 0 Å². The zero-order valence-corrected chi connectivity index (χ0v) is 31.9. The summed E-state index contributed by atoms with van der Waals surface area (Å²) >= 11 is 0. The largest absolute Gasteiger partial charge is 0.456 e. The Morgan fingerprint density at radius 2 is 0.897 bits per heavy atom. The predicted molar refractivity (Wildman–Crippen MR) is 240 cm³/mol. The molecule has 8 aromatic carbocycles. The molecule has 1 atom stereocenters. The molecule has 11 rings (SSSR count). The Morgan fingerprint density at radius 1 is 0.397 bits per heavy atom. The highest BCUT2D eigenvalue weighted by Gasteiger charge is 2.20. The summed E-state index contributed by atoms with van der Waals surface area (Å²) in [4.78, 5) is 0. The van der Waals surface area contributed by atoms with Crippen LogP contribution in [0.4, 0.5) is 0 Å². The standard InChI is InChI=1S/C55H37NO2/c1-35-27-50(56-51(34-47(35)37-15-6-3-7-16-37)41-18-12-17-38(28-41)36-13-4-2-5-14-36)44-30-42(39-23-25-54-48(32-39)45-19-8-10-21-52(45)57-54)29-43(31-44)40-24-26-55-49(33-40)46-20-9-11-22-53(46)58-55/h2-26,28-34,51,56H,1H3. The second-order valence-corrected chi connectivity index (χ2v) is 15.1. The van der Waals surface area contributed by atoms with E-state index in [9.17, 15) is 0 Å². The van der Waals surface area contributed by atoms with Crippen molar-refractivity contribution in [2.24, 2.45) is 0 Å². The summed E-state index contributed by atoms with van der Waals surface area (Å²) < 4.78 is 12.5. The lowest BCUT2D eigenvalue weighted by Crippen LogP contribution is -2.18. The second-order valence-electron chi connectivity index (χ2n) is 15.1. The molecule has 0 spiro atoms. The summed E-state index contributed by atoms with van der Waals surface area (Å²) in [7, 11) is 0. The van der Waals surface area contributed by atoms with Crippen LogP contribution in [-0.2, 0) is 0 Å². The maximum Gasteiger partial charge on any atom is 0.135 e. The van der Waals surface area contributed by atoms with Crippen LogP contribution >= 0.6 is 0 Å². The molecule has 10 aromatic rings. The number of benzene rings is 8. The second kappa shape index (κ2) is 13.9. The van der Waals surface area contributed by atoms with Gasteiger partial charge in [0.25, 0.3) is 0 Å². The molecule has 3 heteroatoms. The molecule has 2 aromatic heterocycles. The fraction of sp³-hybridized carbons (Fsp3) is 0.0364. The van der Waals surface area contributed by atoms with E-state index in [1.165, 1.54) is 16.7 Å². The third-order valence-corrected chi connectivity index (χ3v) is 11.4. The first-order valence-corrected chi connectivity index (χ1v) is 19.8. The summed E-state index contributed by atoms with van der Waals surface area (Å²) in [5.74, 6) is 0. The van der Waals surface area contributed by atoms with E-state index in [0.717, 1.165) is 94.1 Å². The van der Waals surface area contributed by atoms with Crippen LogP contribution in [0.5, 0.6) is 0 Å².